The first-order chi connectivity index (χ1) is 15.6. The van der Waals surface area contributed by atoms with Crippen LogP contribution in [0.2, 0.25) is 0 Å². The minimum atomic E-state index is -1.17. The first-order valence-corrected chi connectivity index (χ1v) is 12.1. The number of carbonyl (C=O) groups excluding carboxylic acids is 2. The number of unbranched alkanes of at least 4 members (excludes halogenated alkanes) is 10. The molecule has 1 heterocycles. The van der Waals surface area contributed by atoms with Gasteiger partial charge in [0.2, 0.25) is 0 Å². The molecule has 1 saturated heterocycles. The van der Waals surface area contributed by atoms with Gasteiger partial charge in [-0.05, 0) is 6.42 Å². The monoisotopic (exact) mass is 448 g/mol. The fourth-order valence-electron chi connectivity index (χ4n) is 4.25. The van der Waals surface area contributed by atoms with Gasteiger partial charge in [-0.15, -0.1) is 0 Å². The van der Waals surface area contributed by atoms with Gasteiger partial charge in [0.1, 0.15) is 0 Å². The molecule has 0 aliphatic carbocycles. The topological polar surface area (TPSA) is 71.1 Å². The zero-order valence-corrected chi connectivity index (χ0v) is 20.0. The molecule has 0 N–H and O–H groups in total. The summed E-state index contributed by atoms with van der Waals surface area (Å²) in [6.07, 6.45) is 11.8. The van der Waals surface area contributed by atoms with E-state index < -0.39 is 29.9 Å². The molecule has 1 aliphatic heterocycles. The van der Waals surface area contributed by atoms with Crippen molar-refractivity contribution in [2.75, 3.05) is 14.2 Å². The summed E-state index contributed by atoms with van der Waals surface area (Å²) in [5, 5.41) is 0. The number of benzene rings is 1. The summed E-state index contributed by atoms with van der Waals surface area (Å²) in [5.41, 5.74) is 0.785. The molecule has 6 nitrogen and oxygen atoms in total. The van der Waals surface area contributed by atoms with Crippen molar-refractivity contribution in [1.82, 2.24) is 0 Å². The highest BCUT2D eigenvalue weighted by atomic mass is 16.8. The third-order valence-electron chi connectivity index (χ3n) is 6.10. The molecule has 2 rings (SSSR count). The third-order valence-corrected chi connectivity index (χ3v) is 6.10. The predicted octanol–water partition coefficient (Wildman–Crippen LogP) is 5.67. The Morgan fingerprint density at radius 3 is 1.62 bits per heavy atom. The van der Waals surface area contributed by atoms with Crippen molar-refractivity contribution in [1.29, 1.82) is 0 Å². The lowest BCUT2D eigenvalue weighted by Gasteiger charge is -2.28. The van der Waals surface area contributed by atoms with Gasteiger partial charge in [-0.1, -0.05) is 101 Å². The van der Waals surface area contributed by atoms with E-state index in [2.05, 4.69) is 6.92 Å². The Kier molecular flexibility index (Phi) is 11.7. The second-order valence-corrected chi connectivity index (χ2v) is 8.53. The first-order valence-electron chi connectivity index (χ1n) is 12.1. The molecule has 1 fully saturated rings. The zero-order valence-electron chi connectivity index (χ0n) is 20.0. The molecule has 0 amide bonds. The second-order valence-electron chi connectivity index (χ2n) is 8.53. The van der Waals surface area contributed by atoms with Gasteiger partial charge >= 0.3 is 11.9 Å². The quantitative estimate of drug-likeness (QED) is 0.254. The van der Waals surface area contributed by atoms with Gasteiger partial charge in [0.05, 0.1) is 14.2 Å². The van der Waals surface area contributed by atoms with Crippen molar-refractivity contribution in [2.45, 2.75) is 102 Å². The maximum absolute atomic E-state index is 12.3. The van der Waals surface area contributed by atoms with Gasteiger partial charge in [-0.3, -0.25) is 0 Å². The molecule has 180 valence electrons. The van der Waals surface area contributed by atoms with Gasteiger partial charge < -0.3 is 18.9 Å². The number of carbonyl (C=O) groups is 2. The average Bonchev–Trinajstić information content (AvgIpc) is 3.23. The van der Waals surface area contributed by atoms with E-state index in [1.807, 2.05) is 30.3 Å². The van der Waals surface area contributed by atoms with E-state index in [9.17, 15) is 9.59 Å². The Balaban J connectivity index is 1.90. The van der Waals surface area contributed by atoms with Gasteiger partial charge in [0.25, 0.3) is 0 Å². The van der Waals surface area contributed by atoms with Crippen LogP contribution in [0, 0.1) is 0 Å². The largest absolute Gasteiger partial charge is 0.467 e. The maximum atomic E-state index is 12.3. The molecular formula is C26H40O6. The Hall–Kier alpha value is -1.92. The molecule has 0 aromatic heterocycles. The predicted molar refractivity (Wildman–Crippen MR) is 123 cm³/mol. The SMILES string of the molecule is CCCCCCCCCCCCCC1(c2ccccc2)O[C@@H](C(=O)OC)[C@H](C(=O)OC)O1. The summed E-state index contributed by atoms with van der Waals surface area (Å²) in [5.74, 6) is -2.45. The molecule has 2 atom stereocenters. The van der Waals surface area contributed by atoms with E-state index in [-0.39, 0.29) is 0 Å². The van der Waals surface area contributed by atoms with E-state index in [1.54, 1.807) is 0 Å². The van der Waals surface area contributed by atoms with Crippen LogP contribution in [-0.4, -0.2) is 38.4 Å². The van der Waals surface area contributed by atoms with Crippen LogP contribution in [0.25, 0.3) is 0 Å². The maximum Gasteiger partial charge on any atom is 0.338 e. The average molecular weight is 449 g/mol. The van der Waals surface area contributed by atoms with Gasteiger partial charge in [0.15, 0.2) is 18.0 Å². The van der Waals surface area contributed by atoms with Crippen molar-refractivity contribution in [3.05, 3.63) is 35.9 Å². The summed E-state index contributed by atoms with van der Waals surface area (Å²) in [6, 6.07) is 9.48. The highest BCUT2D eigenvalue weighted by molar-refractivity contribution is 5.86. The number of hydrogen-bond donors (Lipinski definition) is 0. The summed E-state index contributed by atoms with van der Waals surface area (Å²) in [7, 11) is 2.54. The van der Waals surface area contributed by atoms with E-state index in [1.165, 1.54) is 65.6 Å². The van der Waals surface area contributed by atoms with Crippen LogP contribution in [-0.2, 0) is 34.3 Å². The standard InChI is InChI=1S/C26H40O6/c1-4-5-6-7-8-9-10-11-12-13-17-20-26(21-18-15-14-16-19-21)31-22(24(27)29-2)23(32-26)25(28)30-3/h14-16,18-19,22-23H,4-13,17,20H2,1-3H3/t22-,23-/m1/s1. The van der Waals surface area contributed by atoms with Crippen molar-refractivity contribution >= 4 is 11.9 Å². The lowest BCUT2D eigenvalue weighted by atomic mass is 9.98. The van der Waals surface area contributed by atoms with Crippen LogP contribution in [0.15, 0.2) is 30.3 Å². The van der Waals surface area contributed by atoms with E-state index in [0.29, 0.717) is 6.42 Å². The molecule has 1 aromatic rings. The summed E-state index contributed by atoms with van der Waals surface area (Å²) < 4.78 is 21.9. The number of methoxy groups -OCH3 is 2. The van der Waals surface area contributed by atoms with E-state index in [0.717, 1.165) is 24.8 Å². The van der Waals surface area contributed by atoms with Crippen molar-refractivity contribution in [3.63, 3.8) is 0 Å². The Labute approximate surface area is 193 Å². The highest BCUT2D eigenvalue weighted by Gasteiger charge is 2.55. The number of esters is 2. The van der Waals surface area contributed by atoms with Crippen LogP contribution < -0.4 is 0 Å². The summed E-state index contributed by atoms with van der Waals surface area (Å²) in [4.78, 5) is 24.6. The Morgan fingerprint density at radius 1 is 0.750 bits per heavy atom. The van der Waals surface area contributed by atoms with Crippen LogP contribution in [0.5, 0.6) is 0 Å². The highest BCUT2D eigenvalue weighted by Crippen LogP contribution is 2.42. The lowest BCUT2D eigenvalue weighted by molar-refractivity contribution is -0.199. The van der Waals surface area contributed by atoms with Crippen molar-refractivity contribution in [3.8, 4) is 0 Å². The molecule has 0 saturated carbocycles. The van der Waals surface area contributed by atoms with Crippen LogP contribution >= 0.6 is 0 Å². The molecule has 0 bridgehead atoms. The second kappa shape index (κ2) is 14.3. The van der Waals surface area contributed by atoms with E-state index >= 15 is 0 Å². The van der Waals surface area contributed by atoms with Crippen molar-refractivity contribution < 1.29 is 28.5 Å². The Bertz CT molecular complexity index is 650. The molecule has 6 heteroatoms. The van der Waals surface area contributed by atoms with Crippen LogP contribution in [0.1, 0.15) is 89.5 Å². The number of hydrogen-bond acceptors (Lipinski definition) is 6. The molecule has 0 unspecified atom stereocenters. The minimum Gasteiger partial charge on any atom is -0.467 e. The molecule has 1 aliphatic rings. The zero-order chi connectivity index (χ0) is 23.2. The van der Waals surface area contributed by atoms with Crippen LogP contribution in [0.3, 0.4) is 0 Å². The number of ether oxygens (including phenoxy) is 4. The van der Waals surface area contributed by atoms with E-state index in [4.69, 9.17) is 18.9 Å². The molecule has 32 heavy (non-hydrogen) atoms. The third kappa shape index (κ3) is 7.59. The van der Waals surface area contributed by atoms with Crippen LogP contribution in [0.4, 0.5) is 0 Å². The van der Waals surface area contributed by atoms with Gasteiger partial charge in [-0.2, -0.15) is 0 Å². The first kappa shape index (κ1) is 26.3. The smallest absolute Gasteiger partial charge is 0.338 e. The molecule has 1 aromatic carbocycles. The Morgan fingerprint density at radius 2 is 1.19 bits per heavy atom. The molecule has 0 spiro atoms. The van der Waals surface area contributed by atoms with Crippen molar-refractivity contribution in [2.24, 2.45) is 0 Å². The number of rotatable bonds is 15. The normalized spacial score (nSPS) is 19.6. The minimum absolute atomic E-state index is 0.551. The van der Waals surface area contributed by atoms with Gasteiger partial charge in [0, 0.05) is 12.0 Å². The van der Waals surface area contributed by atoms with Gasteiger partial charge in [-0.25, -0.2) is 9.59 Å². The summed E-state index contributed by atoms with van der Waals surface area (Å²) >= 11 is 0. The molecular weight excluding hydrogens is 408 g/mol. The lowest BCUT2D eigenvalue weighted by Crippen LogP contribution is -2.38. The fourth-order valence-corrected chi connectivity index (χ4v) is 4.25. The fraction of sp³-hybridized carbons (Fsp3) is 0.692. The summed E-state index contributed by atoms with van der Waals surface area (Å²) in [6.45, 7) is 2.24. The molecule has 0 radical (unpaired) electrons.